The molecule has 1 fully saturated rings. The van der Waals surface area contributed by atoms with E-state index < -0.39 is 0 Å². The number of aryl methyl sites for hydroxylation is 1. The standard InChI is InChI=1S/C14H18BrN5/c15-12-6-17-20(8-12)13-9-18(10-13)7-11-5-16-19-4-2-1-3-14(11)19/h5-6,8,13H,1-4,7,9-10H2. The van der Waals surface area contributed by atoms with Crippen LogP contribution in [0.1, 0.15) is 30.1 Å². The number of fused-ring (bicyclic) bond motifs is 1. The molecule has 5 nitrogen and oxygen atoms in total. The topological polar surface area (TPSA) is 38.9 Å². The van der Waals surface area contributed by atoms with Gasteiger partial charge >= 0.3 is 0 Å². The summed E-state index contributed by atoms with van der Waals surface area (Å²) in [5.74, 6) is 0. The zero-order chi connectivity index (χ0) is 13.5. The Hall–Kier alpha value is -1.14. The Morgan fingerprint density at radius 3 is 2.90 bits per heavy atom. The van der Waals surface area contributed by atoms with Crippen molar-refractivity contribution >= 4 is 15.9 Å². The minimum absolute atomic E-state index is 0.521. The molecule has 2 aliphatic heterocycles. The van der Waals surface area contributed by atoms with E-state index in [2.05, 4.69) is 52.8 Å². The summed E-state index contributed by atoms with van der Waals surface area (Å²) in [4.78, 5) is 2.48. The molecule has 0 aromatic carbocycles. The van der Waals surface area contributed by atoms with Crippen molar-refractivity contribution in [2.24, 2.45) is 0 Å². The van der Waals surface area contributed by atoms with E-state index in [-0.39, 0.29) is 0 Å². The van der Waals surface area contributed by atoms with Crippen LogP contribution in [0.5, 0.6) is 0 Å². The van der Waals surface area contributed by atoms with Crippen LogP contribution >= 0.6 is 15.9 Å². The lowest BCUT2D eigenvalue weighted by atomic mass is 10.0. The Morgan fingerprint density at radius 1 is 1.20 bits per heavy atom. The number of halogens is 1. The lowest BCUT2D eigenvalue weighted by Gasteiger charge is -2.39. The number of aromatic nitrogens is 4. The highest BCUT2D eigenvalue weighted by atomic mass is 79.9. The van der Waals surface area contributed by atoms with E-state index in [4.69, 9.17) is 0 Å². The van der Waals surface area contributed by atoms with E-state index in [9.17, 15) is 0 Å². The first-order valence-corrected chi connectivity index (χ1v) is 8.04. The normalized spacial score (nSPS) is 19.9. The predicted octanol–water partition coefficient (Wildman–Crippen LogP) is 2.24. The highest BCUT2D eigenvalue weighted by Gasteiger charge is 2.29. The minimum atomic E-state index is 0.521. The van der Waals surface area contributed by atoms with Gasteiger partial charge in [-0.25, -0.2) is 0 Å². The van der Waals surface area contributed by atoms with Crippen LogP contribution in [0.4, 0.5) is 0 Å². The summed E-state index contributed by atoms with van der Waals surface area (Å²) in [7, 11) is 0. The van der Waals surface area contributed by atoms with Crippen molar-refractivity contribution in [2.75, 3.05) is 13.1 Å². The third-order valence-corrected chi connectivity index (χ3v) is 4.75. The first-order valence-electron chi connectivity index (χ1n) is 7.25. The van der Waals surface area contributed by atoms with E-state index in [1.807, 2.05) is 6.20 Å². The first-order chi connectivity index (χ1) is 9.79. The summed E-state index contributed by atoms with van der Waals surface area (Å²) in [6.07, 6.45) is 9.76. The lowest BCUT2D eigenvalue weighted by Crippen LogP contribution is -2.47. The molecule has 106 valence electrons. The third-order valence-electron chi connectivity index (χ3n) is 4.34. The largest absolute Gasteiger partial charge is 0.295 e. The van der Waals surface area contributed by atoms with Crippen LogP contribution in [0.2, 0.25) is 0 Å². The Bertz CT molecular complexity index is 611. The van der Waals surface area contributed by atoms with E-state index in [0.717, 1.165) is 30.7 Å². The molecule has 4 rings (SSSR count). The molecule has 4 heterocycles. The van der Waals surface area contributed by atoms with E-state index in [1.165, 1.54) is 30.5 Å². The van der Waals surface area contributed by atoms with Crippen molar-refractivity contribution in [3.63, 3.8) is 0 Å². The zero-order valence-electron chi connectivity index (χ0n) is 11.4. The Morgan fingerprint density at radius 2 is 2.10 bits per heavy atom. The minimum Gasteiger partial charge on any atom is -0.295 e. The van der Waals surface area contributed by atoms with Gasteiger partial charge < -0.3 is 0 Å². The molecule has 20 heavy (non-hydrogen) atoms. The number of rotatable bonds is 3. The van der Waals surface area contributed by atoms with Gasteiger partial charge in [0.2, 0.25) is 0 Å². The van der Waals surface area contributed by atoms with Gasteiger partial charge in [-0.2, -0.15) is 10.2 Å². The van der Waals surface area contributed by atoms with Gasteiger partial charge in [-0.15, -0.1) is 0 Å². The van der Waals surface area contributed by atoms with E-state index in [0.29, 0.717) is 6.04 Å². The number of nitrogens with zero attached hydrogens (tertiary/aromatic N) is 5. The van der Waals surface area contributed by atoms with Crippen molar-refractivity contribution in [1.82, 2.24) is 24.5 Å². The Labute approximate surface area is 126 Å². The van der Waals surface area contributed by atoms with Crippen LogP contribution in [-0.2, 0) is 19.5 Å². The maximum absolute atomic E-state index is 4.51. The van der Waals surface area contributed by atoms with Crippen molar-refractivity contribution in [3.05, 3.63) is 34.3 Å². The molecule has 2 aromatic heterocycles. The first kappa shape index (κ1) is 12.6. The second-order valence-electron chi connectivity index (χ2n) is 5.78. The van der Waals surface area contributed by atoms with Crippen LogP contribution in [0.25, 0.3) is 0 Å². The highest BCUT2D eigenvalue weighted by molar-refractivity contribution is 9.10. The van der Waals surface area contributed by atoms with Gasteiger partial charge in [-0.1, -0.05) is 0 Å². The maximum Gasteiger partial charge on any atom is 0.0773 e. The predicted molar refractivity (Wildman–Crippen MR) is 79.4 cm³/mol. The zero-order valence-corrected chi connectivity index (χ0v) is 13.0. The smallest absolute Gasteiger partial charge is 0.0773 e. The van der Waals surface area contributed by atoms with E-state index >= 15 is 0 Å². The number of hydrogen-bond acceptors (Lipinski definition) is 3. The maximum atomic E-state index is 4.51. The fourth-order valence-corrected chi connectivity index (χ4v) is 3.51. The van der Waals surface area contributed by atoms with Crippen LogP contribution in [0, 0.1) is 0 Å². The van der Waals surface area contributed by atoms with Gasteiger partial charge in [0.1, 0.15) is 0 Å². The quantitative estimate of drug-likeness (QED) is 0.863. The SMILES string of the molecule is Brc1cnn(C2CN(Cc3cnn4c3CCCC4)C2)c1. The molecule has 1 saturated heterocycles. The summed E-state index contributed by atoms with van der Waals surface area (Å²) in [6, 6.07) is 0.521. The monoisotopic (exact) mass is 335 g/mol. The molecule has 0 N–H and O–H groups in total. The number of likely N-dealkylation sites (tertiary alicyclic amines) is 1. The molecule has 0 spiro atoms. The van der Waals surface area contributed by atoms with Crippen LogP contribution in [-0.4, -0.2) is 37.6 Å². The summed E-state index contributed by atoms with van der Waals surface area (Å²) in [5, 5.41) is 8.88. The van der Waals surface area contributed by atoms with Gasteiger partial charge in [-0.05, 0) is 35.2 Å². The van der Waals surface area contributed by atoms with Crippen molar-refractivity contribution in [3.8, 4) is 0 Å². The molecular formula is C14H18BrN5. The van der Waals surface area contributed by atoms with Gasteiger partial charge in [0.05, 0.1) is 22.9 Å². The Kier molecular flexibility index (Phi) is 3.15. The van der Waals surface area contributed by atoms with Crippen molar-refractivity contribution < 1.29 is 0 Å². The molecule has 0 atom stereocenters. The third kappa shape index (κ3) is 2.20. The molecule has 0 aliphatic carbocycles. The average molecular weight is 336 g/mol. The average Bonchev–Trinajstić information content (AvgIpc) is 3.00. The second-order valence-corrected chi connectivity index (χ2v) is 6.70. The summed E-state index contributed by atoms with van der Waals surface area (Å²) >= 11 is 3.45. The molecule has 0 unspecified atom stereocenters. The highest BCUT2D eigenvalue weighted by Crippen LogP contribution is 2.26. The summed E-state index contributed by atoms with van der Waals surface area (Å²) in [6.45, 7) is 4.30. The molecular weight excluding hydrogens is 318 g/mol. The summed E-state index contributed by atoms with van der Waals surface area (Å²) < 4.78 is 5.32. The Balaban J connectivity index is 1.39. The molecule has 0 radical (unpaired) electrons. The molecule has 6 heteroatoms. The van der Waals surface area contributed by atoms with Crippen LogP contribution in [0.15, 0.2) is 23.1 Å². The summed E-state index contributed by atoms with van der Waals surface area (Å²) in [5.41, 5.74) is 2.88. The van der Waals surface area contributed by atoms with Crippen molar-refractivity contribution in [2.45, 2.75) is 38.4 Å². The molecule has 0 bridgehead atoms. The molecule has 0 saturated carbocycles. The fourth-order valence-electron chi connectivity index (χ4n) is 3.21. The molecule has 2 aromatic rings. The van der Waals surface area contributed by atoms with Crippen LogP contribution in [0.3, 0.4) is 0 Å². The molecule has 0 amide bonds. The second kappa shape index (κ2) is 5.00. The van der Waals surface area contributed by atoms with Crippen molar-refractivity contribution in [1.29, 1.82) is 0 Å². The van der Waals surface area contributed by atoms with Gasteiger partial charge in [-0.3, -0.25) is 14.3 Å². The molecule has 2 aliphatic rings. The van der Waals surface area contributed by atoms with Gasteiger partial charge in [0.25, 0.3) is 0 Å². The van der Waals surface area contributed by atoms with E-state index in [1.54, 1.807) is 0 Å². The lowest BCUT2D eigenvalue weighted by molar-refractivity contribution is 0.0904. The number of hydrogen-bond donors (Lipinski definition) is 0. The van der Waals surface area contributed by atoms with Crippen LogP contribution < -0.4 is 0 Å². The van der Waals surface area contributed by atoms with Gasteiger partial charge in [0.15, 0.2) is 0 Å². The fraction of sp³-hybridized carbons (Fsp3) is 0.571. The van der Waals surface area contributed by atoms with Gasteiger partial charge in [0, 0.05) is 43.6 Å².